The molecule has 0 fully saturated rings. The average Bonchev–Trinajstić information content (AvgIpc) is 2.84. The zero-order valence-corrected chi connectivity index (χ0v) is 19.9. The van der Waals surface area contributed by atoms with Crippen molar-refractivity contribution < 1.29 is 18.9 Å². The zero-order chi connectivity index (χ0) is 23.6. The molecule has 2 N–H and O–H groups in total. The average molecular weight is 441 g/mol. The molecule has 0 aromatic heterocycles. The van der Waals surface area contributed by atoms with Crippen LogP contribution < -0.4 is 24.7 Å². The second-order valence-corrected chi connectivity index (χ2v) is 8.00. The van der Waals surface area contributed by atoms with Gasteiger partial charge < -0.3 is 24.7 Å². The van der Waals surface area contributed by atoms with Gasteiger partial charge in [0, 0.05) is 6.04 Å². The van der Waals surface area contributed by atoms with Crippen molar-refractivity contribution >= 4 is 0 Å². The number of hydrogen-bond donors (Lipinski definition) is 1. The monoisotopic (exact) mass is 440 g/mol. The summed E-state index contributed by atoms with van der Waals surface area (Å²) in [6.45, 7) is 2.05. The molecule has 6 heteroatoms. The Balaban J connectivity index is 1.97. The number of ether oxygens (including phenoxy) is 4. The van der Waals surface area contributed by atoms with Gasteiger partial charge in [0.05, 0.1) is 39.9 Å². The number of methoxy groups -OCH3 is 4. The number of benzene rings is 2. The Morgan fingerprint density at radius 2 is 1.47 bits per heavy atom. The molecule has 2 rings (SSSR count). The molecule has 0 radical (unpaired) electrons. The van der Waals surface area contributed by atoms with Crippen LogP contribution in [0.25, 0.3) is 0 Å². The molecule has 0 saturated heterocycles. The van der Waals surface area contributed by atoms with Gasteiger partial charge in [0.15, 0.2) is 23.0 Å². The van der Waals surface area contributed by atoms with Gasteiger partial charge in [-0.05, 0) is 73.9 Å². The molecule has 0 aliphatic heterocycles. The third-order valence-corrected chi connectivity index (χ3v) is 6.18. The van der Waals surface area contributed by atoms with Crippen molar-refractivity contribution in [2.75, 3.05) is 28.4 Å². The Morgan fingerprint density at radius 3 is 2.03 bits per heavy atom. The van der Waals surface area contributed by atoms with Crippen LogP contribution >= 0.6 is 0 Å². The summed E-state index contributed by atoms with van der Waals surface area (Å²) in [5.41, 5.74) is 7.97. The molecule has 0 aliphatic rings. The third kappa shape index (κ3) is 6.08. The minimum Gasteiger partial charge on any atom is -0.493 e. The zero-order valence-electron chi connectivity index (χ0n) is 19.9. The normalized spacial score (nSPS) is 13.5. The molecule has 0 bridgehead atoms. The van der Waals surface area contributed by atoms with Crippen molar-refractivity contribution in [2.45, 2.75) is 56.9 Å². The van der Waals surface area contributed by atoms with Gasteiger partial charge in [-0.3, -0.25) is 0 Å². The molecule has 0 saturated carbocycles. The Hall–Kier alpha value is -2.91. The Kier molecular flexibility index (Phi) is 9.67. The molecule has 0 heterocycles. The first-order valence-electron chi connectivity index (χ1n) is 11.1. The molecular formula is C26H36N2O4. The number of nitrogens with two attached hydrogens (primary N) is 1. The van der Waals surface area contributed by atoms with Gasteiger partial charge in [0.1, 0.15) is 0 Å². The first-order valence-corrected chi connectivity index (χ1v) is 11.1. The number of rotatable bonds is 13. The second kappa shape index (κ2) is 12.2. The molecule has 174 valence electrons. The highest BCUT2D eigenvalue weighted by Crippen LogP contribution is 2.38. The van der Waals surface area contributed by atoms with Gasteiger partial charge in [-0.2, -0.15) is 5.26 Å². The number of nitrogens with zero attached hydrogens (tertiary/aromatic N) is 1. The number of aryl methyl sites for hydroxylation is 1. The lowest BCUT2D eigenvalue weighted by Crippen LogP contribution is -2.26. The van der Waals surface area contributed by atoms with E-state index in [0.717, 1.165) is 55.6 Å². The van der Waals surface area contributed by atoms with Gasteiger partial charge in [-0.25, -0.2) is 0 Å². The fourth-order valence-electron chi connectivity index (χ4n) is 4.06. The van der Waals surface area contributed by atoms with E-state index in [4.69, 9.17) is 24.7 Å². The van der Waals surface area contributed by atoms with Crippen LogP contribution in [0.1, 0.15) is 50.2 Å². The predicted molar refractivity (Wildman–Crippen MR) is 127 cm³/mol. The van der Waals surface area contributed by atoms with Crippen molar-refractivity contribution in [1.82, 2.24) is 0 Å². The van der Waals surface area contributed by atoms with Crippen molar-refractivity contribution in [1.29, 1.82) is 5.26 Å². The molecular weight excluding hydrogens is 404 g/mol. The van der Waals surface area contributed by atoms with Gasteiger partial charge in [-0.1, -0.05) is 19.1 Å². The summed E-state index contributed by atoms with van der Waals surface area (Å²) in [5.74, 6) is 2.76. The van der Waals surface area contributed by atoms with Crippen LogP contribution in [-0.2, 0) is 11.8 Å². The van der Waals surface area contributed by atoms with E-state index in [1.807, 2.05) is 36.4 Å². The van der Waals surface area contributed by atoms with Crippen molar-refractivity contribution in [3.8, 4) is 29.1 Å². The largest absolute Gasteiger partial charge is 0.493 e. The topological polar surface area (TPSA) is 86.7 Å². The van der Waals surface area contributed by atoms with Crippen molar-refractivity contribution in [3.05, 3.63) is 47.5 Å². The maximum Gasteiger partial charge on any atom is 0.161 e. The van der Waals surface area contributed by atoms with Gasteiger partial charge in [0.25, 0.3) is 0 Å². The number of nitriles is 1. The lowest BCUT2D eigenvalue weighted by molar-refractivity contribution is 0.352. The van der Waals surface area contributed by atoms with E-state index in [-0.39, 0.29) is 6.04 Å². The quantitative estimate of drug-likeness (QED) is 0.470. The molecule has 6 nitrogen and oxygen atoms in total. The molecule has 0 amide bonds. The summed E-state index contributed by atoms with van der Waals surface area (Å²) in [4.78, 5) is 0. The smallest absolute Gasteiger partial charge is 0.161 e. The Morgan fingerprint density at radius 1 is 0.875 bits per heavy atom. The van der Waals surface area contributed by atoms with E-state index < -0.39 is 5.41 Å². The van der Waals surface area contributed by atoms with Crippen molar-refractivity contribution in [2.24, 2.45) is 5.73 Å². The standard InChI is InChI=1S/C26H36N2O4/c1-6-26(18-27,20-11-14-23(30-3)25(17-20)32-5)15-7-8-21(28)12-9-19-10-13-22(29-2)24(16-19)31-4/h10-11,13-14,16-17,21H,6-9,12,15,28H2,1-5H3/t21-,26-/m0/s1. The van der Waals surface area contributed by atoms with Gasteiger partial charge in [0.2, 0.25) is 0 Å². The molecule has 0 aliphatic carbocycles. The SMILES string of the molecule is CC[C@@](C#N)(CCC[C@H](N)CCc1ccc(OC)c(OC)c1)c1ccc(OC)c(OC)c1. The fourth-order valence-corrected chi connectivity index (χ4v) is 4.06. The first kappa shape index (κ1) is 25.4. The van der Waals surface area contributed by atoms with Crippen LogP contribution in [0.2, 0.25) is 0 Å². The highest BCUT2D eigenvalue weighted by atomic mass is 16.5. The molecule has 2 atom stereocenters. The summed E-state index contributed by atoms with van der Waals surface area (Å²) in [6, 6.07) is 14.3. The second-order valence-electron chi connectivity index (χ2n) is 8.00. The summed E-state index contributed by atoms with van der Waals surface area (Å²) in [6.07, 6.45) is 4.96. The fraction of sp³-hybridized carbons (Fsp3) is 0.500. The molecule has 2 aromatic rings. The molecule has 0 unspecified atom stereocenters. The highest BCUT2D eigenvalue weighted by Gasteiger charge is 2.31. The van der Waals surface area contributed by atoms with Crippen molar-refractivity contribution in [3.63, 3.8) is 0 Å². The predicted octanol–water partition coefficient (Wildman–Crippen LogP) is 5.02. The summed E-state index contributed by atoms with van der Waals surface area (Å²) in [7, 11) is 6.49. The lowest BCUT2D eigenvalue weighted by atomic mass is 9.75. The van der Waals surface area contributed by atoms with Crippen LogP contribution in [0.4, 0.5) is 0 Å². The van der Waals surface area contributed by atoms with E-state index in [1.165, 1.54) is 5.56 Å². The maximum absolute atomic E-state index is 10.1. The van der Waals surface area contributed by atoms with E-state index in [2.05, 4.69) is 13.0 Å². The maximum atomic E-state index is 10.1. The van der Waals surface area contributed by atoms with Crippen LogP contribution in [0.15, 0.2) is 36.4 Å². The highest BCUT2D eigenvalue weighted by molar-refractivity contribution is 5.47. The van der Waals surface area contributed by atoms with Crippen LogP contribution in [0, 0.1) is 11.3 Å². The molecule has 32 heavy (non-hydrogen) atoms. The van der Waals surface area contributed by atoms with E-state index in [0.29, 0.717) is 11.5 Å². The van der Waals surface area contributed by atoms with Gasteiger partial charge in [-0.15, -0.1) is 0 Å². The molecule has 2 aromatic carbocycles. The lowest BCUT2D eigenvalue weighted by Gasteiger charge is -2.27. The Labute approximate surface area is 192 Å². The minimum atomic E-state index is -0.567. The van der Waals surface area contributed by atoms with Crippen LogP contribution in [0.5, 0.6) is 23.0 Å². The van der Waals surface area contributed by atoms with E-state index >= 15 is 0 Å². The summed E-state index contributed by atoms with van der Waals surface area (Å²) < 4.78 is 21.4. The third-order valence-electron chi connectivity index (χ3n) is 6.18. The molecule has 0 spiro atoms. The Bertz CT molecular complexity index is 909. The summed E-state index contributed by atoms with van der Waals surface area (Å²) in [5, 5.41) is 10.1. The number of hydrogen-bond acceptors (Lipinski definition) is 6. The first-order chi connectivity index (χ1) is 15.5. The van der Waals surface area contributed by atoms with E-state index in [1.54, 1.807) is 28.4 Å². The van der Waals surface area contributed by atoms with Crippen LogP contribution in [0.3, 0.4) is 0 Å². The van der Waals surface area contributed by atoms with Gasteiger partial charge >= 0.3 is 0 Å². The summed E-state index contributed by atoms with van der Waals surface area (Å²) >= 11 is 0. The van der Waals surface area contributed by atoms with Crippen LogP contribution in [-0.4, -0.2) is 34.5 Å². The van der Waals surface area contributed by atoms with E-state index in [9.17, 15) is 5.26 Å². The minimum absolute atomic E-state index is 0.0711.